The van der Waals surface area contributed by atoms with Crippen LogP contribution in [0.5, 0.6) is 0 Å². The van der Waals surface area contributed by atoms with Gasteiger partial charge in [0, 0.05) is 62.4 Å². The van der Waals surface area contributed by atoms with Crippen molar-refractivity contribution in [1.29, 1.82) is 0 Å². The number of halogens is 2. The summed E-state index contributed by atoms with van der Waals surface area (Å²) in [4.78, 5) is 4.89. The molecule has 0 radical (unpaired) electrons. The lowest BCUT2D eigenvalue weighted by Gasteiger charge is -2.36. The molecule has 19 heavy (non-hydrogen) atoms. The lowest BCUT2D eigenvalue weighted by atomic mass is 10.2. The van der Waals surface area contributed by atoms with Gasteiger partial charge in [0.05, 0.1) is 0 Å². The molecule has 3 nitrogen and oxygen atoms in total. The van der Waals surface area contributed by atoms with E-state index in [4.69, 9.17) is 23.2 Å². The van der Waals surface area contributed by atoms with Crippen molar-refractivity contribution in [3.05, 3.63) is 29.3 Å². The molecule has 1 N–H and O–H groups in total. The van der Waals surface area contributed by atoms with Gasteiger partial charge in [0.15, 0.2) is 0 Å². The molecule has 1 heterocycles. The summed E-state index contributed by atoms with van der Waals surface area (Å²) in [6.45, 7) is 7.35. The van der Waals surface area contributed by atoms with E-state index in [1.54, 1.807) is 0 Å². The first-order valence-corrected chi connectivity index (χ1v) is 7.70. The van der Waals surface area contributed by atoms with Crippen molar-refractivity contribution in [3.8, 4) is 0 Å². The Morgan fingerprint density at radius 1 is 1.11 bits per heavy atom. The molecule has 0 unspecified atom stereocenters. The van der Waals surface area contributed by atoms with Crippen LogP contribution in [0.25, 0.3) is 0 Å². The highest BCUT2D eigenvalue weighted by molar-refractivity contribution is 6.30. The van der Waals surface area contributed by atoms with E-state index in [0.29, 0.717) is 5.88 Å². The fourth-order valence-electron chi connectivity index (χ4n) is 2.33. The number of benzene rings is 1. The molecule has 1 aromatic rings. The molecular formula is C14H21Cl2N3. The van der Waals surface area contributed by atoms with Crippen molar-refractivity contribution in [3.63, 3.8) is 0 Å². The fraction of sp³-hybridized carbons (Fsp3) is 0.571. The van der Waals surface area contributed by atoms with E-state index >= 15 is 0 Å². The Labute approximate surface area is 125 Å². The second-order valence-electron chi connectivity index (χ2n) is 4.75. The summed E-state index contributed by atoms with van der Waals surface area (Å²) in [5, 5.41) is 4.14. The maximum Gasteiger partial charge on any atom is 0.0426 e. The fourth-order valence-corrected chi connectivity index (χ4v) is 2.65. The van der Waals surface area contributed by atoms with Crippen LogP contribution in [0.2, 0.25) is 5.02 Å². The number of rotatable bonds is 6. The van der Waals surface area contributed by atoms with Gasteiger partial charge in [0.2, 0.25) is 0 Å². The topological polar surface area (TPSA) is 18.5 Å². The van der Waals surface area contributed by atoms with Gasteiger partial charge in [-0.05, 0) is 18.2 Å². The Morgan fingerprint density at radius 2 is 1.89 bits per heavy atom. The van der Waals surface area contributed by atoms with Crippen LogP contribution in [0.3, 0.4) is 0 Å². The van der Waals surface area contributed by atoms with Crippen LogP contribution in [0, 0.1) is 0 Å². The lowest BCUT2D eigenvalue weighted by molar-refractivity contribution is 0.258. The van der Waals surface area contributed by atoms with Crippen molar-refractivity contribution in [2.45, 2.75) is 0 Å². The minimum Gasteiger partial charge on any atom is -0.369 e. The summed E-state index contributed by atoms with van der Waals surface area (Å²) < 4.78 is 0. The van der Waals surface area contributed by atoms with Crippen LogP contribution in [0.15, 0.2) is 24.3 Å². The van der Waals surface area contributed by atoms with E-state index in [2.05, 4.69) is 21.2 Å². The summed E-state index contributed by atoms with van der Waals surface area (Å²) in [7, 11) is 0. The van der Waals surface area contributed by atoms with Gasteiger partial charge < -0.3 is 10.2 Å². The standard InChI is InChI=1S/C14H21Cl2N3/c15-4-5-17-6-7-18-8-10-19(11-9-18)14-3-1-2-13(16)12-14/h1-3,12,17H,4-11H2. The number of anilines is 1. The minimum atomic E-state index is 0.683. The highest BCUT2D eigenvalue weighted by atomic mass is 35.5. The van der Waals surface area contributed by atoms with Gasteiger partial charge in [0.25, 0.3) is 0 Å². The zero-order chi connectivity index (χ0) is 13.5. The van der Waals surface area contributed by atoms with Crippen LogP contribution in [-0.4, -0.2) is 56.6 Å². The average Bonchev–Trinajstić information content (AvgIpc) is 2.44. The van der Waals surface area contributed by atoms with E-state index in [-0.39, 0.29) is 0 Å². The van der Waals surface area contributed by atoms with Crippen molar-refractivity contribution in [2.75, 3.05) is 56.6 Å². The predicted molar refractivity (Wildman–Crippen MR) is 83.7 cm³/mol. The molecule has 0 saturated carbocycles. The highest BCUT2D eigenvalue weighted by Gasteiger charge is 2.16. The summed E-state index contributed by atoms with van der Waals surface area (Å²) in [6, 6.07) is 8.10. The number of nitrogens with zero attached hydrogens (tertiary/aromatic N) is 2. The Morgan fingerprint density at radius 3 is 2.58 bits per heavy atom. The highest BCUT2D eigenvalue weighted by Crippen LogP contribution is 2.20. The molecule has 1 aromatic carbocycles. The van der Waals surface area contributed by atoms with E-state index in [1.807, 2.05) is 18.2 Å². The zero-order valence-electron chi connectivity index (χ0n) is 11.1. The maximum atomic E-state index is 6.03. The minimum absolute atomic E-state index is 0.683. The number of hydrogen-bond donors (Lipinski definition) is 1. The molecule has 5 heteroatoms. The largest absolute Gasteiger partial charge is 0.369 e. The first-order chi connectivity index (χ1) is 9.29. The molecule has 0 aliphatic carbocycles. The van der Waals surface area contributed by atoms with E-state index in [9.17, 15) is 0 Å². The van der Waals surface area contributed by atoms with Crippen LogP contribution in [0.4, 0.5) is 5.69 Å². The molecule has 0 amide bonds. The van der Waals surface area contributed by atoms with Gasteiger partial charge in [-0.2, -0.15) is 0 Å². The third kappa shape index (κ3) is 4.84. The van der Waals surface area contributed by atoms with Crippen LogP contribution < -0.4 is 10.2 Å². The molecule has 0 spiro atoms. The first-order valence-electron chi connectivity index (χ1n) is 6.79. The van der Waals surface area contributed by atoms with Crippen LogP contribution in [0.1, 0.15) is 0 Å². The summed E-state index contributed by atoms with van der Waals surface area (Å²) in [5.41, 5.74) is 1.23. The Balaban J connectivity index is 1.73. The normalized spacial score (nSPS) is 16.8. The van der Waals surface area contributed by atoms with Crippen molar-refractivity contribution in [1.82, 2.24) is 10.2 Å². The monoisotopic (exact) mass is 301 g/mol. The third-order valence-corrected chi connectivity index (χ3v) is 3.85. The molecule has 1 aliphatic rings. The second kappa shape index (κ2) is 7.95. The predicted octanol–water partition coefficient (Wildman–Crippen LogP) is 2.29. The van der Waals surface area contributed by atoms with E-state index in [1.165, 1.54) is 5.69 Å². The Bertz CT molecular complexity index is 379. The average molecular weight is 302 g/mol. The van der Waals surface area contributed by atoms with Gasteiger partial charge >= 0.3 is 0 Å². The van der Waals surface area contributed by atoms with Crippen molar-refractivity contribution >= 4 is 28.9 Å². The van der Waals surface area contributed by atoms with Gasteiger partial charge in [-0.3, -0.25) is 4.90 Å². The summed E-state index contributed by atoms with van der Waals surface area (Å²) in [6.07, 6.45) is 0. The molecule has 0 bridgehead atoms. The van der Waals surface area contributed by atoms with E-state index < -0.39 is 0 Å². The smallest absolute Gasteiger partial charge is 0.0426 e. The van der Waals surface area contributed by atoms with Crippen molar-refractivity contribution in [2.24, 2.45) is 0 Å². The molecule has 2 rings (SSSR count). The number of alkyl halides is 1. The van der Waals surface area contributed by atoms with Gasteiger partial charge in [-0.15, -0.1) is 11.6 Å². The van der Waals surface area contributed by atoms with Gasteiger partial charge in [0.1, 0.15) is 0 Å². The van der Waals surface area contributed by atoms with Crippen molar-refractivity contribution < 1.29 is 0 Å². The SMILES string of the molecule is ClCCNCCN1CCN(c2cccc(Cl)c2)CC1. The van der Waals surface area contributed by atoms with E-state index in [0.717, 1.165) is 50.8 Å². The quantitative estimate of drug-likeness (QED) is 0.642. The second-order valence-corrected chi connectivity index (χ2v) is 5.56. The molecule has 1 aliphatic heterocycles. The number of nitrogens with one attached hydrogen (secondary N) is 1. The number of hydrogen-bond acceptors (Lipinski definition) is 3. The zero-order valence-corrected chi connectivity index (χ0v) is 12.6. The molecule has 0 atom stereocenters. The lowest BCUT2D eigenvalue weighted by Crippen LogP contribution is -2.48. The number of piperazine rings is 1. The third-order valence-electron chi connectivity index (χ3n) is 3.42. The van der Waals surface area contributed by atoms with Gasteiger partial charge in [-0.1, -0.05) is 17.7 Å². The molecule has 106 valence electrons. The maximum absolute atomic E-state index is 6.03. The summed E-state index contributed by atoms with van der Waals surface area (Å²) >= 11 is 11.7. The van der Waals surface area contributed by atoms with Crippen LogP contribution in [-0.2, 0) is 0 Å². The van der Waals surface area contributed by atoms with Gasteiger partial charge in [-0.25, -0.2) is 0 Å². The first kappa shape index (κ1) is 14.9. The Hall–Kier alpha value is -0.480. The molecule has 1 saturated heterocycles. The Kier molecular flexibility index (Phi) is 6.24. The molecular weight excluding hydrogens is 281 g/mol. The molecule has 1 fully saturated rings. The summed E-state index contributed by atoms with van der Waals surface area (Å²) in [5.74, 6) is 0.683. The van der Waals surface area contributed by atoms with Crippen LogP contribution >= 0.6 is 23.2 Å². The molecule has 0 aromatic heterocycles.